The van der Waals surface area contributed by atoms with Gasteiger partial charge in [0.05, 0.1) is 11.7 Å². The van der Waals surface area contributed by atoms with Crippen LogP contribution in [0.2, 0.25) is 5.15 Å². The molecule has 1 aromatic rings. The smallest absolute Gasteiger partial charge is 0.340 e. The summed E-state index contributed by atoms with van der Waals surface area (Å²) in [6.07, 6.45) is 4.45. The normalized spacial score (nSPS) is 21.5. The maximum Gasteiger partial charge on any atom is 0.340 e. The van der Waals surface area contributed by atoms with Crippen LogP contribution < -0.4 is 0 Å². The van der Waals surface area contributed by atoms with Crippen LogP contribution in [0.3, 0.4) is 0 Å². The Labute approximate surface area is 105 Å². The van der Waals surface area contributed by atoms with Crippen molar-refractivity contribution in [3.05, 3.63) is 16.4 Å². The van der Waals surface area contributed by atoms with Crippen molar-refractivity contribution in [2.75, 3.05) is 0 Å². The third-order valence-electron chi connectivity index (χ3n) is 3.75. The summed E-state index contributed by atoms with van der Waals surface area (Å²) in [6.45, 7) is 2.07. The van der Waals surface area contributed by atoms with Crippen LogP contribution in [0.1, 0.15) is 60.6 Å². The van der Waals surface area contributed by atoms with Gasteiger partial charge in [-0.25, -0.2) is 9.48 Å². The zero-order valence-corrected chi connectivity index (χ0v) is 10.4. The lowest BCUT2D eigenvalue weighted by molar-refractivity contribution is 0.0695. The molecule has 1 heterocycles. The molecule has 1 aromatic heterocycles. The summed E-state index contributed by atoms with van der Waals surface area (Å²) < 4.78 is 1.72. The molecule has 0 aromatic carbocycles. The molecule has 2 aliphatic carbocycles. The van der Waals surface area contributed by atoms with E-state index < -0.39 is 5.97 Å². The van der Waals surface area contributed by atoms with Gasteiger partial charge in [0.25, 0.3) is 0 Å². The van der Waals surface area contributed by atoms with Crippen LogP contribution in [-0.2, 0) is 0 Å². The van der Waals surface area contributed by atoms with Crippen molar-refractivity contribution in [1.29, 1.82) is 0 Å². The van der Waals surface area contributed by atoms with E-state index in [4.69, 9.17) is 11.6 Å². The van der Waals surface area contributed by atoms with E-state index in [1.165, 1.54) is 12.8 Å². The molecule has 0 spiro atoms. The van der Waals surface area contributed by atoms with Crippen molar-refractivity contribution in [2.45, 2.75) is 44.6 Å². The monoisotopic (exact) mass is 254 g/mol. The fourth-order valence-corrected chi connectivity index (χ4v) is 2.69. The summed E-state index contributed by atoms with van der Waals surface area (Å²) in [7, 11) is 0. The van der Waals surface area contributed by atoms with Gasteiger partial charge in [0, 0.05) is 5.92 Å². The second-order valence-corrected chi connectivity index (χ2v) is 5.51. The zero-order valence-electron chi connectivity index (χ0n) is 9.69. The number of carboxylic acid groups (broad SMARTS) is 1. The van der Waals surface area contributed by atoms with E-state index in [-0.39, 0.29) is 11.6 Å². The van der Waals surface area contributed by atoms with Crippen LogP contribution in [0.25, 0.3) is 0 Å². The highest BCUT2D eigenvalue weighted by molar-refractivity contribution is 6.32. The predicted molar refractivity (Wildman–Crippen MR) is 63.6 cm³/mol. The average molecular weight is 255 g/mol. The number of hydrogen-bond acceptors (Lipinski definition) is 2. The fraction of sp³-hybridized carbons (Fsp3) is 0.667. The topological polar surface area (TPSA) is 55.1 Å². The number of carbonyl (C=O) groups is 1. The first-order valence-corrected chi connectivity index (χ1v) is 6.48. The SMILES string of the molecule is CC(C1CC1)n1nc(C2CC2)c(C(=O)O)c1Cl. The first-order valence-electron chi connectivity index (χ1n) is 6.10. The van der Waals surface area contributed by atoms with Gasteiger partial charge >= 0.3 is 5.97 Å². The summed E-state index contributed by atoms with van der Waals surface area (Å²) in [5, 5.41) is 14.0. The number of hydrogen-bond donors (Lipinski definition) is 1. The van der Waals surface area contributed by atoms with E-state index in [0.29, 0.717) is 22.7 Å². The predicted octanol–water partition coefficient (Wildman–Crippen LogP) is 3.08. The molecule has 5 heteroatoms. The van der Waals surface area contributed by atoms with Crippen LogP contribution in [-0.4, -0.2) is 20.9 Å². The Kier molecular flexibility index (Phi) is 2.43. The molecule has 2 fully saturated rings. The molecule has 0 amide bonds. The number of aromatic nitrogens is 2. The Morgan fingerprint density at radius 3 is 2.59 bits per heavy atom. The molecule has 4 nitrogen and oxygen atoms in total. The van der Waals surface area contributed by atoms with E-state index in [1.54, 1.807) is 4.68 Å². The van der Waals surface area contributed by atoms with E-state index in [2.05, 4.69) is 12.0 Å². The molecule has 92 valence electrons. The molecule has 3 rings (SSSR count). The Morgan fingerprint density at radius 1 is 1.47 bits per heavy atom. The first-order chi connectivity index (χ1) is 8.09. The molecule has 1 atom stereocenters. The van der Waals surface area contributed by atoms with Crippen LogP contribution in [0.4, 0.5) is 0 Å². The third-order valence-corrected chi connectivity index (χ3v) is 4.11. The van der Waals surface area contributed by atoms with Crippen molar-refractivity contribution in [3.63, 3.8) is 0 Å². The average Bonchev–Trinajstić information content (AvgIpc) is 3.14. The van der Waals surface area contributed by atoms with Gasteiger partial charge in [-0.2, -0.15) is 5.10 Å². The molecule has 1 unspecified atom stereocenters. The molecule has 17 heavy (non-hydrogen) atoms. The number of rotatable bonds is 4. The van der Waals surface area contributed by atoms with E-state index in [0.717, 1.165) is 12.8 Å². The maximum atomic E-state index is 11.3. The van der Waals surface area contributed by atoms with Gasteiger partial charge in [0.1, 0.15) is 10.7 Å². The highest BCUT2D eigenvalue weighted by Gasteiger charge is 2.37. The zero-order chi connectivity index (χ0) is 12.2. The van der Waals surface area contributed by atoms with Gasteiger partial charge in [-0.15, -0.1) is 0 Å². The summed E-state index contributed by atoms with van der Waals surface area (Å²) in [4.78, 5) is 11.3. The molecule has 0 bridgehead atoms. The second-order valence-electron chi connectivity index (χ2n) is 5.15. The fourth-order valence-electron chi connectivity index (χ4n) is 2.32. The summed E-state index contributed by atoms with van der Waals surface area (Å²) in [5.74, 6) is -0.0292. The number of halogens is 1. The minimum Gasteiger partial charge on any atom is -0.478 e. The van der Waals surface area contributed by atoms with Crippen molar-refractivity contribution in [1.82, 2.24) is 9.78 Å². The highest BCUT2D eigenvalue weighted by Crippen LogP contribution is 2.45. The lowest BCUT2D eigenvalue weighted by Gasteiger charge is -2.11. The van der Waals surface area contributed by atoms with Gasteiger partial charge in [-0.05, 0) is 38.5 Å². The van der Waals surface area contributed by atoms with Crippen molar-refractivity contribution < 1.29 is 9.90 Å². The largest absolute Gasteiger partial charge is 0.478 e. The summed E-state index contributed by atoms with van der Waals surface area (Å²) in [6, 6.07) is 0.216. The summed E-state index contributed by atoms with van der Waals surface area (Å²) in [5.41, 5.74) is 0.914. The first kappa shape index (κ1) is 11.1. The van der Waals surface area contributed by atoms with Crippen molar-refractivity contribution >= 4 is 17.6 Å². The van der Waals surface area contributed by atoms with Gasteiger partial charge in [-0.3, -0.25) is 0 Å². The van der Waals surface area contributed by atoms with Gasteiger partial charge < -0.3 is 5.11 Å². The van der Waals surface area contributed by atoms with E-state index in [1.807, 2.05) is 0 Å². The number of aromatic carboxylic acids is 1. The Bertz CT molecular complexity index is 475. The molecule has 0 radical (unpaired) electrons. The van der Waals surface area contributed by atoms with Crippen LogP contribution in [0.5, 0.6) is 0 Å². The summed E-state index contributed by atoms with van der Waals surface area (Å²) >= 11 is 6.18. The lowest BCUT2D eigenvalue weighted by Crippen LogP contribution is -2.09. The molecular weight excluding hydrogens is 240 g/mol. The van der Waals surface area contributed by atoms with Crippen LogP contribution >= 0.6 is 11.6 Å². The minimum atomic E-state index is -0.953. The standard InChI is InChI=1S/C12H15ClN2O2/c1-6(7-2-3-7)15-11(13)9(12(16)17)10(14-15)8-4-5-8/h6-8H,2-5H2,1H3,(H,16,17). The van der Waals surface area contributed by atoms with Crippen LogP contribution in [0.15, 0.2) is 0 Å². The van der Waals surface area contributed by atoms with Crippen molar-refractivity contribution in [3.8, 4) is 0 Å². The highest BCUT2D eigenvalue weighted by atomic mass is 35.5. The Morgan fingerprint density at radius 2 is 2.12 bits per heavy atom. The lowest BCUT2D eigenvalue weighted by atomic mass is 10.2. The molecular formula is C12H15ClN2O2. The van der Waals surface area contributed by atoms with Crippen LogP contribution in [0, 0.1) is 5.92 Å². The number of carboxylic acids is 1. The molecule has 0 aliphatic heterocycles. The third kappa shape index (κ3) is 1.84. The van der Waals surface area contributed by atoms with E-state index in [9.17, 15) is 9.90 Å². The van der Waals surface area contributed by atoms with Crippen molar-refractivity contribution in [2.24, 2.45) is 5.92 Å². The quantitative estimate of drug-likeness (QED) is 0.898. The Balaban J connectivity index is 2.03. The maximum absolute atomic E-state index is 11.3. The van der Waals surface area contributed by atoms with Gasteiger partial charge in [0.2, 0.25) is 0 Å². The van der Waals surface area contributed by atoms with E-state index >= 15 is 0 Å². The number of nitrogens with zero attached hydrogens (tertiary/aromatic N) is 2. The molecule has 1 N–H and O–H groups in total. The van der Waals surface area contributed by atoms with Gasteiger partial charge in [-0.1, -0.05) is 11.6 Å². The minimum absolute atomic E-state index is 0.216. The molecule has 2 aliphatic rings. The second kappa shape index (κ2) is 3.73. The van der Waals surface area contributed by atoms with Gasteiger partial charge in [0.15, 0.2) is 0 Å². The molecule has 0 saturated heterocycles. The Hall–Kier alpha value is -1.03. The molecule has 2 saturated carbocycles.